The summed E-state index contributed by atoms with van der Waals surface area (Å²) in [6.07, 6.45) is 18.0. The molecule has 0 aromatic heterocycles. The number of halogens is 1. The summed E-state index contributed by atoms with van der Waals surface area (Å²) in [5.41, 5.74) is 0. The van der Waals surface area contributed by atoms with E-state index in [-0.39, 0.29) is 24.5 Å². The fourth-order valence-corrected chi connectivity index (χ4v) is 2.39. The van der Waals surface area contributed by atoms with Gasteiger partial charge in [0, 0.05) is 6.42 Å². The first-order valence-corrected chi connectivity index (χ1v) is 8.38. The molecule has 0 saturated heterocycles. The third kappa shape index (κ3) is 22.1. The Labute approximate surface area is 138 Å². The molecule has 0 aliphatic rings. The normalized spacial score (nSPS) is 9.62. The van der Waals surface area contributed by atoms with E-state index in [1.54, 1.807) is 0 Å². The van der Waals surface area contributed by atoms with Crippen molar-refractivity contribution in [2.24, 2.45) is 0 Å². The summed E-state index contributed by atoms with van der Waals surface area (Å²) < 4.78 is 4.62. The van der Waals surface area contributed by atoms with Gasteiger partial charge in [-0.05, 0) is 6.42 Å². The van der Waals surface area contributed by atoms with Gasteiger partial charge >= 0.3 is 5.97 Å². The third-order valence-corrected chi connectivity index (χ3v) is 3.71. The van der Waals surface area contributed by atoms with Crippen LogP contribution in [0.15, 0.2) is 0 Å². The lowest BCUT2D eigenvalue weighted by atomic mass is 10.0. The lowest BCUT2D eigenvalue weighted by Crippen LogP contribution is -3.00. The third-order valence-electron chi connectivity index (χ3n) is 3.71. The average molecular weight is 324 g/mol. The molecule has 0 unspecified atom stereocenters. The molecule has 0 radical (unpaired) electrons. The van der Waals surface area contributed by atoms with Crippen LogP contribution >= 0.6 is 0 Å². The van der Waals surface area contributed by atoms with Crippen LogP contribution in [-0.4, -0.2) is 13.1 Å². The smallest absolute Gasteiger partial charge is 0.305 e. The molecular formula is C17H38ClNO2. The maximum absolute atomic E-state index is 10.9. The van der Waals surface area contributed by atoms with Gasteiger partial charge in [0.2, 0.25) is 0 Å². The van der Waals surface area contributed by atoms with Crippen LogP contribution in [0.3, 0.4) is 0 Å². The zero-order valence-electron chi connectivity index (χ0n) is 14.6. The molecule has 3 nitrogen and oxygen atoms in total. The quantitative estimate of drug-likeness (QED) is 0.394. The molecule has 21 heavy (non-hydrogen) atoms. The van der Waals surface area contributed by atoms with Crippen LogP contribution in [0.4, 0.5) is 0 Å². The summed E-state index contributed by atoms with van der Waals surface area (Å²) in [6.45, 7) is 2.27. The predicted molar refractivity (Wildman–Crippen MR) is 88.3 cm³/mol. The SMILES string of the molecule is CCCCCCCCCCCCCCCC(=O)OC.[Cl-].[NH4+]. The van der Waals surface area contributed by atoms with Crippen LogP contribution in [0.1, 0.15) is 96.8 Å². The molecule has 4 heteroatoms. The van der Waals surface area contributed by atoms with E-state index in [0.29, 0.717) is 6.42 Å². The zero-order valence-corrected chi connectivity index (χ0v) is 15.3. The maximum atomic E-state index is 10.9. The molecule has 130 valence electrons. The van der Waals surface area contributed by atoms with Crippen LogP contribution in [-0.2, 0) is 9.53 Å². The minimum Gasteiger partial charge on any atom is -1.00 e. The van der Waals surface area contributed by atoms with Gasteiger partial charge in [0.25, 0.3) is 0 Å². The molecule has 0 saturated carbocycles. The van der Waals surface area contributed by atoms with Crippen LogP contribution in [0.2, 0.25) is 0 Å². The molecule has 0 fully saturated rings. The second-order valence-corrected chi connectivity index (χ2v) is 5.57. The van der Waals surface area contributed by atoms with Crippen LogP contribution in [0, 0.1) is 0 Å². The second-order valence-electron chi connectivity index (χ2n) is 5.57. The highest BCUT2D eigenvalue weighted by Crippen LogP contribution is 2.12. The fraction of sp³-hybridized carbons (Fsp3) is 0.941. The number of carbonyl (C=O) groups is 1. The molecule has 0 rings (SSSR count). The summed E-state index contributed by atoms with van der Waals surface area (Å²) >= 11 is 0. The molecule has 0 aromatic rings. The predicted octanol–water partition coefficient (Wildman–Crippen LogP) is 3.02. The molecular weight excluding hydrogens is 286 g/mol. The van der Waals surface area contributed by atoms with Crippen molar-refractivity contribution in [3.63, 3.8) is 0 Å². The summed E-state index contributed by atoms with van der Waals surface area (Å²) in [5.74, 6) is -0.0666. The van der Waals surface area contributed by atoms with Gasteiger partial charge in [-0.1, -0.05) is 84.0 Å². The van der Waals surface area contributed by atoms with E-state index < -0.39 is 0 Å². The van der Waals surface area contributed by atoms with Crippen molar-refractivity contribution in [2.45, 2.75) is 96.8 Å². The van der Waals surface area contributed by atoms with Crippen molar-refractivity contribution in [1.29, 1.82) is 0 Å². The molecule has 0 aliphatic carbocycles. The molecule has 4 N–H and O–H groups in total. The highest BCUT2D eigenvalue weighted by molar-refractivity contribution is 5.68. The first kappa shape index (κ1) is 25.7. The Hall–Kier alpha value is -0.280. The summed E-state index contributed by atoms with van der Waals surface area (Å²) in [5, 5.41) is 0. The molecule has 0 aliphatic heterocycles. The average Bonchev–Trinajstić information content (AvgIpc) is 2.43. The van der Waals surface area contributed by atoms with Gasteiger partial charge in [-0.2, -0.15) is 0 Å². The Morgan fingerprint density at radius 1 is 0.714 bits per heavy atom. The number of hydrogen-bond donors (Lipinski definition) is 1. The van der Waals surface area contributed by atoms with Gasteiger partial charge in [0.15, 0.2) is 0 Å². The van der Waals surface area contributed by atoms with Crippen molar-refractivity contribution in [2.75, 3.05) is 7.11 Å². The number of hydrogen-bond acceptors (Lipinski definition) is 2. The van der Waals surface area contributed by atoms with E-state index >= 15 is 0 Å². The maximum Gasteiger partial charge on any atom is 0.305 e. The van der Waals surface area contributed by atoms with Gasteiger partial charge in [0.05, 0.1) is 7.11 Å². The van der Waals surface area contributed by atoms with Crippen molar-refractivity contribution in [1.82, 2.24) is 6.15 Å². The molecule has 0 heterocycles. The lowest BCUT2D eigenvalue weighted by Gasteiger charge is -2.03. The summed E-state index contributed by atoms with van der Waals surface area (Å²) in [7, 11) is 1.46. The number of unbranched alkanes of at least 4 members (excludes halogenated alkanes) is 12. The van der Waals surface area contributed by atoms with Gasteiger partial charge in [-0.15, -0.1) is 0 Å². The second kappa shape index (κ2) is 22.0. The molecule has 0 bridgehead atoms. The van der Waals surface area contributed by atoms with Crippen molar-refractivity contribution >= 4 is 5.97 Å². The molecule has 0 amide bonds. The van der Waals surface area contributed by atoms with E-state index in [9.17, 15) is 4.79 Å². The highest BCUT2D eigenvalue weighted by atomic mass is 35.5. The number of ether oxygens (including phenoxy) is 1. The Morgan fingerprint density at radius 2 is 1.05 bits per heavy atom. The summed E-state index contributed by atoms with van der Waals surface area (Å²) in [4.78, 5) is 10.9. The number of carbonyl (C=O) groups excluding carboxylic acids is 1. The van der Waals surface area contributed by atoms with E-state index in [1.165, 1.54) is 84.2 Å². The van der Waals surface area contributed by atoms with Gasteiger partial charge in [-0.25, -0.2) is 0 Å². The number of quaternary nitrogens is 1. The Balaban J connectivity index is -0.00000162. The van der Waals surface area contributed by atoms with Gasteiger partial charge in [0.1, 0.15) is 0 Å². The van der Waals surface area contributed by atoms with E-state index in [2.05, 4.69) is 11.7 Å². The summed E-state index contributed by atoms with van der Waals surface area (Å²) in [6, 6.07) is 0. The van der Waals surface area contributed by atoms with Gasteiger partial charge in [-0.3, -0.25) is 4.79 Å². The molecule has 0 atom stereocenters. The van der Waals surface area contributed by atoms with Crippen molar-refractivity contribution in [3.05, 3.63) is 0 Å². The minimum absolute atomic E-state index is 0. The minimum atomic E-state index is -0.0666. The fourth-order valence-electron chi connectivity index (χ4n) is 2.39. The largest absolute Gasteiger partial charge is 1.00 e. The first-order chi connectivity index (χ1) is 9.31. The Bertz CT molecular complexity index is 201. The standard InChI is InChI=1S/C17H34O2.ClH.H3N/c1-3-4-5-6-7-8-9-10-11-12-13-14-15-16-17(18)19-2;;/h3-16H2,1-2H3;1H;1H3. The number of methoxy groups -OCH3 is 1. The van der Waals surface area contributed by atoms with Gasteiger partial charge < -0.3 is 23.3 Å². The van der Waals surface area contributed by atoms with Crippen LogP contribution in [0.25, 0.3) is 0 Å². The topological polar surface area (TPSA) is 62.8 Å². The number of esters is 1. The first-order valence-electron chi connectivity index (χ1n) is 8.38. The van der Waals surface area contributed by atoms with Crippen LogP contribution < -0.4 is 18.6 Å². The highest BCUT2D eigenvalue weighted by Gasteiger charge is 1.99. The zero-order chi connectivity index (χ0) is 14.2. The van der Waals surface area contributed by atoms with Crippen molar-refractivity contribution < 1.29 is 21.9 Å². The van der Waals surface area contributed by atoms with Crippen molar-refractivity contribution in [3.8, 4) is 0 Å². The Morgan fingerprint density at radius 3 is 1.38 bits per heavy atom. The monoisotopic (exact) mass is 323 g/mol. The van der Waals surface area contributed by atoms with E-state index in [4.69, 9.17) is 0 Å². The number of rotatable bonds is 14. The molecule has 0 spiro atoms. The molecule has 0 aromatic carbocycles. The Kier molecular flexibility index (Phi) is 26.9. The lowest BCUT2D eigenvalue weighted by molar-refractivity contribution is -0.140. The van der Waals surface area contributed by atoms with E-state index in [1.807, 2.05) is 0 Å². The van der Waals surface area contributed by atoms with E-state index in [0.717, 1.165) is 6.42 Å². The van der Waals surface area contributed by atoms with Crippen LogP contribution in [0.5, 0.6) is 0 Å².